The SMILES string of the molecule is CCC1=CC(N(C)CC)=CCC1. The number of likely N-dealkylation sites (N-methyl/N-ethyl adjacent to an activating group) is 1. The maximum absolute atomic E-state index is 2.34. The van der Waals surface area contributed by atoms with Crippen molar-refractivity contribution in [2.75, 3.05) is 13.6 Å². The van der Waals surface area contributed by atoms with Crippen LogP contribution < -0.4 is 0 Å². The average molecular weight is 165 g/mol. The van der Waals surface area contributed by atoms with E-state index in [4.69, 9.17) is 0 Å². The number of nitrogens with zero attached hydrogens (tertiary/aromatic N) is 1. The molecule has 0 saturated carbocycles. The van der Waals surface area contributed by atoms with E-state index in [1.807, 2.05) is 0 Å². The second-order valence-electron chi connectivity index (χ2n) is 3.34. The number of hydrogen-bond acceptors (Lipinski definition) is 1. The Morgan fingerprint density at radius 2 is 2.17 bits per heavy atom. The Bertz CT molecular complexity index is 201. The van der Waals surface area contributed by atoms with Crippen molar-refractivity contribution in [3.05, 3.63) is 23.4 Å². The maximum atomic E-state index is 2.34. The molecule has 0 fully saturated rings. The Labute approximate surface area is 75.8 Å². The summed E-state index contributed by atoms with van der Waals surface area (Å²) in [6, 6.07) is 0. The molecular formula is C11H19N. The van der Waals surface area contributed by atoms with Gasteiger partial charge in [-0.25, -0.2) is 0 Å². The summed E-state index contributed by atoms with van der Waals surface area (Å²) in [5.74, 6) is 0. The highest BCUT2D eigenvalue weighted by atomic mass is 15.1. The number of hydrogen-bond donors (Lipinski definition) is 0. The van der Waals surface area contributed by atoms with Gasteiger partial charge in [-0.15, -0.1) is 0 Å². The quantitative estimate of drug-likeness (QED) is 0.621. The van der Waals surface area contributed by atoms with Gasteiger partial charge in [-0.3, -0.25) is 0 Å². The lowest BCUT2D eigenvalue weighted by Crippen LogP contribution is -2.17. The topological polar surface area (TPSA) is 3.24 Å². The first-order valence-corrected chi connectivity index (χ1v) is 4.88. The first-order valence-electron chi connectivity index (χ1n) is 4.88. The second-order valence-corrected chi connectivity index (χ2v) is 3.34. The Balaban J connectivity index is 2.66. The molecule has 0 bridgehead atoms. The van der Waals surface area contributed by atoms with Crippen LogP contribution in [-0.4, -0.2) is 18.5 Å². The molecular weight excluding hydrogens is 146 g/mol. The van der Waals surface area contributed by atoms with Gasteiger partial charge in [-0.05, 0) is 32.3 Å². The standard InChI is InChI=1S/C11H19N/c1-4-10-7-6-8-11(9-10)12(3)5-2/h8-9H,4-7H2,1-3H3. The third-order valence-corrected chi connectivity index (χ3v) is 2.54. The van der Waals surface area contributed by atoms with Crippen molar-refractivity contribution in [1.29, 1.82) is 0 Å². The maximum Gasteiger partial charge on any atom is 0.0322 e. The zero-order valence-electron chi connectivity index (χ0n) is 8.43. The van der Waals surface area contributed by atoms with E-state index in [-0.39, 0.29) is 0 Å². The largest absolute Gasteiger partial charge is 0.375 e. The van der Waals surface area contributed by atoms with Gasteiger partial charge in [-0.1, -0.05) is 18.6 Å². The van der Waals surface area contributed by atoms with Crippen LogP contribution in [0.15, 0.2) is 23.4 Å². The van der Waals surface area contributed by atoms with Crippen LogP contribution in [0.1, 0.15) is 33.1 Å². The van der Waals surface area contributed by atoms with Crippen LogP contribution in [0.3, 0.4) is 0 Å². The van der Waals surface area contributed by atoms with Crippen LogP contribution in [0, 0.1) is 0 Å². The van der Waals surface area contributed by atoms with E-state index in [1.54, 1.807) is 5.57 Å². The van der Waals surface area contributed by atoms with Crippen LogP contribution in [0.2, 0.25) is 0 Å². The van der Waals surface area contributed by atoms with Gasteiger partial charge in [0.1, 0.15) is 0 Å². The third-order valence-electron chi connectivity index (χ3n) is 2.54. The molecule has 12 heavy (non-hydrogen) atoms. The van der Waals surface area contributed by atoms with Gasteiger partial charge in [-0.2, -0.15) is 0 Å². The van der Waals surface area contributed by atoms with Crippen molar-refractivity contribution in [2.45, 2.75) is 33.1 Å². The van der Waals surface area contributed by atoms with Crippen molar-refractivity contribution in [1.82, 2.24) is 4.90 Å². The Hall–Kier alpha value is -0.720. The summed E-state index contributed by atoms with van der Waals surface area (Å²) < 4.78 is 0. The van der Waals surface area contributed by atoms with E-state index in [0.717, 1.165) is 6.54 Å². The highest BCUT2D eigenvalue weighted by molar-refractivity contribution is 5.26. The van der Waals surface area contributed by atoms with Gasteiger partial charge in [0.25, 0.3) is 0 Å². The zero-order valence-corrected chi connectivity index (χ0v) is 8.43. The molecule has 1 heteroatoms. The van der Waals surface area contributed by atoms with Crippen LogP contribution in [0.25, 0.3) is 0 Å². The van der Waals surface area contributed by atoms with Gasteiger partial charge in [0.05, 0.1) is 0 Å². The molecule has 0 radical (unpaired) electrons. The lowest BCUT2D eigenvalue weighted by molar-refractivity contribution is 0.450. The summed E-state index contributed by atoms with van der Waals surface area (Å²) in [5, 5.41) is 0. The molecule has 0 atom stereocenters. The molecule has 0 unspecified atom stereocenters. The highest BCUT2D eigenvalue weighted by Crippen LogP contribution is 2.20. The monoisotopic (exact) mass is 165 g/mol. The van der Waals surface area contributed by atoms with Crippen molar-refractivity contribution in [2.24, 2.45) is 0 Å². The molecule has 0 aromatic carbocycles. The molecule has 68 valence electrons. The molecule has 1 aliphatic rings. The second kappa shape index (κ2) is 4.34. The predicted octanol–water partition coefficient (Wildman–Crippen LogP) is 2.95. The van der Waals surface area contributed by atoms with E-state index in [0.29, 0.717) is 0 Å². The van der Waals surface area contributed by atoms with E-state index in [9.17, 15) is 0 Å². The molecule has 0 spiro atoms. The van der Waals surface area contributed by atoms with E-state index >= 15 is 0 Å². The molecule has 0 aliphatic heterocycles. The van der Waals surface area contributed by atoms with Gasteiger partial charge >= 0.3 is 0 Å². The smallest absolute Gasteiger partial charge is 0.0322 e. The molecule has 0 amide bonds. The fourth-order valence-corrected chi connectivity index (χ4v) is 1.47. The first kappa shape index (κ1) is 9.37. The molecule has 0 aromatic rings. The van der Waals surface area contributed by atoms with Gasteiger partial charge in [0, 0.05) is 19.3 Å². The summed E-state index contributed by atoms with van der Waals surface area (Å²) in [6.07, 6.45) is 8.36. The summed E-state index contributed by atoms with van der Waals surface area (Å²) >= 11 is 0. The Morgan fingerprint density at radius 1 is 1.42 bits per heavy atom. The van der Waals surface area contributed by atoms with Crippen LogP contribution in [-0.2, 0) is 0 Å². The van der Waals surface area contributed by atoms with Crippen molar-refractivity contribution in [3.8, 4) is 0 Å². The average Bonchev–Trinajstić information content (AvgIpc) is 2.17. The first-order chi connectivity index (χ1) is 5.77. The summed E-state index contributed by atoms with van der Waals surface area (Å²) in [7, 11) is 2.15. The summed E-state index contributed by atoms with van der Waals surface area (Å²) in [5.41, 5.74) is 2.99. The highest BCUT2D eigenvalue weighted by Gasteiger charge is 2.05. The normalized spacial score (nSPS) is 16.9. The minimum absolute atomic E-state index is 1.10. The molecule has 1 rings (SSSR count). The molecule has 0 aromatic heterocycles. The fraction of sp³-hybridized carbons (Fsp3) is 0.636. The lowest BCUT2D eigenvalue weighted by Gasteiger charge is -2.22. The molecule has 0 N–H and O–H groups in total. The lowest BCUT2D eigenvalue weighted by atomic mass is 10.0. The van der Waals surface area contributed by atoms with Gasteiger partial charge < -0.3 is 4.90 Å². The van der Waals surface area contributed by atoms with Gasteiger partial charge in [0.2, 0.25) is 0 Å². The van der Waals surface area contributed by atoms with E-state index in [2.05, 4.69) is 37.9 Å². The third kappa shape index (κ3) is 2.13. The Kier molecular flexibility index (Phi) is 3.39. The minimum Gasteiger partial charge on any atom is -0.375 e. The van der Waals surface area contributed by atoms with Gasteiger partial charge in [0.15, 0.2) is 0 Å². The fourth-order valence-electron chi connectivity index (χ4n) is 1.47. The Morgan fingerprint density at radius 3 is 2.75 bits per heavy atom. The molecule has 1 nitrogen and oxygen atoms in total. The van der Waals surface area contributed by atoms with Crippen molar-refractivity contribution in [3.63, 3.8) is 0 Å². The van der Waals surface area contributed by atoms with Crippen LogP contribution in [0.4, 0.5) is 0 Å². The zero-order chi connectivity index (χ0) is 8.97. The predicted molar refractivity (Wildman–Crippen MR) is 54.0 cm³/mol. The van der Waals surface area contributed by atoms with Crippen LogP contribution in [0.5, 0.6) is 0 Å². The number of allylic oxidation sites excluding steroid dienone is 3. The molecule has 0 saturated heterocycles. The van der Waals surface area contributed by atoms with E-state index < -0.39 is 0 Å². The summed E-state index contributed by atoms with van der Waals surface area (Å²) in [6.45, 7) is 5.52. The van der Waals surface area contributed by atoms with Crippen molar-refractivity contribution < 1.29 is 0 Å². The van der Waals surface area contributed by atoms with Crippen molar-refractivity contribution >= 4 is 0 Å². The number of rotatable bonds is 3. The molecule has 0 heterocycles. The molecule has 1 aliphatic carbocycles. The van der Waals surface area contributed by atoms with Crippen LogP contribution >= 0.6 is 0 Å². The minimum atomic E-state index is 1.10. The van der Waals surface area contributed by atoms with E-state index in [1.165, 1.54) is 25.0 Å². The summed E-state index contributed by atoms with van der Waals surface area (Å²) in [4.78, 5) is 2.30.